The lowest BCUT2D eigenvalue weighted by Gasteiger charge is -2.34. The summed E-state index contributed by atoms with van der Waals surface area (Å²) in [6.07, 6.45) is 6.20. The van der Waals surface area contributed by atoms with Gasteiger partial charge < -0.3 is 24.8 Å². The maximum atomic E-state index is 12.7. The second-order valence-corrected chi connectivity index (χ2v) is 10.2. The fraction of sp³-hybridized carbons (Fsp3) is 0.400. The van der Waals surface area contributed by atoms with Crippen LogP contribution >= 0.6 is 11.3 Å². The number of rotatable bonds is 8. The van der Waals surface area contributed by atoms with Gasteiger partial charge in [0.1, 0.15) is 39.2 Å². The molecule has 0 aromatic carbocycles. The van der Waals surface area contributed by atoms with E-state index in [1.54, 1.807) is 30.2 Å². The maximum absolute atomic E-state index is 12.7. The summed E-state index contributed by atoms with van der Waals surface area (Å²) >= 11 is 1.11. The van der Waals surface area contributed by atoms with Crippen molar-refractivity contribution in [2.75, 3.05) is 18.4 Å². The zero-order valence-electron chi connectivity index (χ0n) is 20.5. The van der Waals surface area contributed by atoms with Crippen LogP contribution < -0.4 is 10.1 Å². The van der Waals surface area contributed by atoms with E-state index in [1.807, 2.05) is 19.9 Å². The smallest absolute Gasteiger partial charge is 0.410 e. The van der Waals surface area contributed by atoms with Gasteiger partial charge in [0.15, 0.2) is 0 Å². The number of nitrogens with one attached hydrogen (secondary N) is 1. The molecule has 4 rings (SSSR count). The molecule has 0 aliphatic carbocycles. The number of pyridine rings is 1. The van der Waals surface area contributed by atoms with Crippen molar-refractivity contribution in [3.63, 3.8) is 0 Å². The fourth-order valence-corrected chi connectivity index (χ4v) is 5.11. The van der Waals surface area contributed by atoms with Crippen molar-refractivity contribution in [1.82, 2.24) is 19.9 Å². The van der Waals surface area contributed by atoms with Crippen molar-refractivity contribution in [3.05, 3.63) is 47.8 Å². The summed E-state index contributed by atoms with van der Waals surface area (Å²) in [5.74, 6) is -0.166. The quantitative estimate of drug-likeness (QED) is 0.394. The predicted molar refractivity (Wildman–Crippen MR) is 137 cm³/mol. The molecule has 0 spiro atoms. The van der Waals surface area contributed by atoms with Crippen molar-refractivity contribution in [2.24, 2.45) is 0 Å². The molecule has 1 amide bonds. The van der Waals surface area contributed by atoms with E-state index in [-0.39, 0.29) is 17.1 Å². The number of anilines is 2. The summed E-state index contributed by atoms with van der Waals surface area (Å²) in [6.45, 7) is 10.1. The van der Waals surface area contributed by atoms with Crippen LogP contribution in [0.4, 0.5) is 16.3 Å². The number of aromatic carboxylic acids is 1. The molecular weight excluding hydrogens is 482 g/mol. The minimum atomic E-state index is -1.000. The van der Waals surface area contributed by atoms with E-state index in [0.717, 1.165) is 24.2 Å². The number of likely N-dealkylation sites (tertiary alicyclic amines) is 1. The number of aromatic nitrogens is 3. The van der Waals surface area contributed by atoms with Gasteiger partial charge in [0.05, 0.1) is 11.9 Å². The number of hydrogen-bond acceptors (Lipinski definition) is 9. The molecule has 1 atom stereocenters. The van der Waals surface area contributed by atoms with E-state index >= 15 is 0 Å². The Morgan fingerprint density at radius 1 is 1.36 bits per heavy atom. The number of aryl methyl sites for hydroxylation is 1. The molecule has 2 N–H and O–H groups in total. The summed E-state index contributed by atoms with van der Waals surface area (Å²) in [5, 5.41) is 13.4. The topological polar surface area (TPSA) is 127 Å². The first-order valence-corrected chi connectivity index (χ1v) is 12.4. The first-order chi connectivity index (χ1) is 17.2. The van der Waals surface area contributed by atoms with Gasteiger partial charge >= 0.3 is 12.1 Å². The Labute approximate surface area is 213 Å². The third-order valence-electron chi connectivity index (χ3n) is 5.86. The third kappa shape index (κ3) is 5.56. The highest BCUT2D eigenvalue weighted by Gasteiger charge is 2.30. The van der Waals surface area contributed by atoms with E-state index in [4.69, 9.17) is 9.47 Å². The monoisotopic (exact) mass is 511 g/mol. The Kier molecular flexibility index (Phi) is 7.39. The van der Waals surface area contributed by atoms with Gasteiger partial charge in [-0.2, -0.15) is 0 Å². The number of fused-ring (bicyclic) bond motifs is 1. The van der Waals surface area contributed by atoms with Crippen LogP contribution in [0.15, 0.2) is 37.3 Å². The number of carboxylic acid groups (broad SMARTS) is 1. The Balaban J connectivity index is 1.51. The van der Waals surface area contributed by atoms with Crippen LogP contribution in [0.2, 0.25) is 0 Å². The number of carbonyl (C=O) groups excluding carboxylic acids is 1. The molecule has 190 valence electrons. The maximum Gasteiger partial charge on any atom is 0.410 e. The summed E-state index contributed by atoms with van der Waals surface area (Å²) in [7, 11) is 0. The Morgan fingerprint density at radius 3 is 2.92 bits per heavy atom. The molecule has 3 aromatic heterocycles. The van der Waals surface area contributed by atoms with E-state index in [0.29, 0.717) is 52.7 Å². The molecule has 10 nitrogen and oxygen atoms in total. The number of nitrogens with zero attached hydrogens (tertiary/aromatic N) is 4. The van der Waals surface area contributed by atoms with Gasteiger partial charge in [-0.3, -0.25) is 0 Å². The lowest BCUT2D eigenvalue weighted by molar-refractivity contribution is -0.0000163. The zero-order valence-corrected chi connectivity index (χ0v) is 21.3. The second kappa shape index (κ2) is 10.5. The molecule has 0 unspecified atom stereocenters. The summed E-state index contributed by atoms with van der Waals surface area (Å²) < 4.78 is 11.9. The van der Waals surface area contributed by atoms with E-state index in [2.05, 4.69) is 26.8 Å². The highest BCUT2D eigenvalue weighted by atomic mass is 32.1. The number of thiophene rings is 1. The molecule has 0 radical (unpaired) electrons. The first kappa shape index (κ1) is 25.4. The van der Waals surface area contributed by atoms with Gasteiger partial charge in [0.2, 0.25) is 5.88 Å². The molecule has 36 heavy (non-hydrogen) atoms. The minimum absolute atomic E-state index is 0.224. The van der Waals surface area contributed by atoms with Crippen molar-refractivity contribution < 1.29 is 24.2 Å². The van der Waals surface area contributed by atoms with Crippen LogP contribution in [0.5, 0.6) is 5.88 Å². The number of carboxylic acids is 1. The lowest BCUT2D eigenvalue weighted by Crippen LogP contribution is -2.46. The second-order valence-electron chi connectivity index (χ2n) is 9.19. The zero-order chi connectivity index (χ0) is 25.9. The molecular formula is C25H29N5O5S. The van der Waals surface area contributed by atoms with Crippen LogP contribution in [0, 0.1) is 6.92 Å². The van der Waals surface area contributed by atoms with E-state index in [9.17, 15) is 14.7 Å². The van der Waals surface area contributed by atoms with Crippen molar-refractivity contribution >= 4 is 45.1 Å². The van der Waals surface area contributed by atoms with E-state index in [1.165, 1.54) is 6.33 Å². The first-order valence-electron chi connectivity index (χ1n) is 11.6. The Bertz CT molecular complexity index is 1290. The Morgan fingerprint density at radius 2 is 2.17 bits per heavy atom. The molecule has 1 fully saturated rings. The van der Waals surface area contributed by atoms with Gasteiger partial charge in [-0.1, -0.05) is 6.08 Å². The highest BCUT2D eigenvalue weighted by molar-refractivity contribution is 7.20. The fourth-order valence-electron chi connectivity index (χ4n) is 4.13. The van der Waals surface area contributed by atoms with Gasteiger partial charge in [0, 0.05) is 19.2 Å². The van der Waals surface area contributed by atoms with Crippen LogP contribution in [0.25, 0.3) is 10.2 Å². The van der Waals surface area contributed by atoms with Crippen LogP contribution in [0.1, 0.15) is 48.3 Å². The molecule has 3 aromatic rings. The molecule has 1 aliphatic heterocycles. The number of ether oxygens (including phenoxy) is 2. The number of piperidine rings is 1. The van der Waals surface area contributed by atoms with Gasteiger partial charge in [-0.15, -0.1) is 17.9 Å². The van der Waals surface area contributed by atoms with Crippen LogP contribution in [-0.2, 0) is 4.74 Å². The molecule has 1 aliphatic rings. The molecule has 4 heterocycles. The Hall–Kier alpha value is -3.73. The average molecular weight is 512 g/mol. The molecule has 0 bridgehead atoms. The summed E-state index contributed by atoms with van der Waals surface area (Å²) in [4.78, 5) is 39.7. The third-order valence-corrected chi connectivity index (χ3v) is 7.05. The van der Waals surface area contributed by atoms with Crippen LogP contribution in [-0.4, -0.2) is 61.8 Å². The molecule has 0 saturated carbocycles. The normalized spacial score (nSPS) is 16.0. The number of carbonyl (C=O) groups is 2. The van der Waals surface area contributed by atoms with Crippen molar-refractivity contribution in [3.8, 4) is 5.88 Å². The predicted octanol–water partition coefficient (Wildman–Crippen LogP) is 5.17. The van der Waals surface area contributed by atoms with Gasteiger partial charge in [0.25, 0.3) is 0 Å². The van der Waals surface area contributed by atoms with Gasteiger partial charge in [-0.25, -0.2) is 24.5 Å². The van der Waals surface area contributed by atoms with Gasteiger partial charge in [-0.05, 0) is 51.3 Å². The minimum Gasteiger partial charge on any atom is -0.477 e. The standard InChI is InChI=1S/C25H29N5O5S/c1-5-10-25(3,4)35-24(33)30-12-7-8-16(13-30)34-21-17(9-6-11-26-21)29-20-18-15(2)19(23(31)32)36-22(18)28-14-27-20/h5-6,9,11,14,16H,1,7-8,10,12-13H2,2-4H3,(H,31,32)(H,27,28,29)/t16-/m0/s1. The van der Waals surface area contributed by atoms with E-state index < -0.39 is 11.6 Å². The average Bonchev–Trinajstić information content (AvgIpc) is 3.18. The largest absolute Gasteiger partial charge is 0.477 e. The van der Waals surface area contributed by atoms with Crippen molar-refractivity contribution in [1.29, 1.82) is 0 Å². The highest BCUT2D eigenvalue weighted by Crippen LogP contribution is 2.36. The van der Waals surface area contributed by atoms with Crippen LogP contribution in [0.3, 0.4) is 0 Å². The van der Waals surface area contributed by atoms with Crippen molar-refractivity contribution in [2.45, 2.75) is 51.7 Å². The number of hydrogen-bond donors (Lipinski definition) is 2. The molecule has 11 heteroatoms. The summed E-state index contributed by atoms with van der Waals surface area (Å²) in [6, 6.07) is 3.58. The number of amides is 1. The SMILES string of the molecule is C=CCC(C)(C)OC(=O)N1CCC[C@H](Oc2ncccc2Nc2ncnc3sc(C(=O)O)c(C)c23)C1. The summed E-state index contributed by atoms with van der Waals surface area (Å²) in [5.41, 5.74) is 0.540. The molecule has 1 saturated heterocycles. The lowest BCUT2D eigenvalue weighted by atomic mass is 10.1.